The number of hydrogen-bond donors (Lipinski definition) is 0. The van der Waals surface area contributed by atoms with Gasteiger partial charge in [0.15, 0.2) is 29.1 Å². The topological polar surface area (TPSA) is 57.2 Å². The fourth-order valence-electron chi connectivity index (χ4n) is 3.03. The Labute approximate surface area is 156 Å². The highest BCUT2D eigenvalue weighted by molar-refractivity contribution is 6.32. The molecular formula is C19H18ClNO5. The summed E-state index contributed by atoms with van der Waals surface area (Å²) in [5, 5.41) is 0.366. The van der Waals surface area contributed by atoms with Gasteiger partial charge in [-0.05, 0) is 31.2 Å². The zero-order chi connectivity index (χ0) is 18.1. The highest BCUT2D eigenvalue weighted by Crippen LogP contribution is 2.40. The summed E-state index contributed by atoms with van der Waals surface area (Å²) in [6.45, 7) is 3.37. The van der Waals surface area contributed by atoms with Gasteiger partial charge in [0.2, 0.25) is 6.79 Å². The van der Waals surface area contributed by atoms with E-state index in [2.05, 4.69) is 0 Å². The Balaban J connectivity index is 1.49. The van der Waals surface area contributed by atoms with E-state index in [9.17, 15) is 4.79 Å². The third-order valence-electron chi connectivity index (χ3n) is 4.33. The molecule has 26 heavy (non-hydrogen) atoms. The molecule has 0 fully saturated rings. The number of halogens is 1. The van der Waals surface area contributed by atoms with Gasteiger partial charge >= 0.3 is 0 Å². The van der Waals surface area contributed by atoms with Gasteiger partial charge in [0.25, 0.3) is 5.91 Å². The van der Waals surface area contributed by atoms with Crippen LogP contribution < -0.4 is 18.9 Å². The lowest BCUT2D eigenvalue weighted by atomic mass is 10.1. The summed E-state index contributed by atoms with van der Waals surface area (Å²) in [5.41, 5.74) is 0.457. The molecule has 0 radical (unpaired) electrons. The van der Waals surface area contributed by atoms with Gasteiger partial charge in [-0.1, -0.05) is 23.7 Å². The molecular weight excluding hydrogens is 358 g/mol. The van der Waals surface area contributed by atoms with E-state index in [1.54, 1.807) is 17.0 Å². The van der Waals surface area contributed by atoms with Crippen molar-refractivity contribution < 1.29 is 23.7 Å². The van der Waals surface area contributed by atoms with Gasteiger partial charge in [0.1, 0.15) is 6.61 Å². The molecule has 7 heteroatoms. The zero-order valence-electron chi connectivity index (χ0n) is 14.2. The van der Waals surface area contributed by atoms with Crippen molar-refractivity contribution in [3.63, 3.8) is 0 Å². The average molecular weight is 376 g/mol. The van der Waals surface area contributed by atoms with Crippen molar-refractivity contribution >= 4 is 17.5 Å². The minimum atomic E-state index is -0.238. The van der Waals surface area contributed by atoms with Crippen LogP contribution >= 0.6 is 11.6 Å². The fourth-order valence-corrected chi connectivity index (χ4v) is 3.29. The van der Waals surface area contributed by atoms with Gasteiger partial charge in [0, 0.05) is 12.1 Å². The van der Waals surface area contributed by atoms with Crippen LogP contribution in [0.2, 0.25) is 5.02 Å². The number of carbonyl (C=O) groups excluding carboxylic acids is 1. The molecule has 2 aromatic rings. The van der Waals surface area contributed by atoms with Crippen LogP contribution in [0.4, 0.5) is 0 Å². The van der Waals surface area contributed by atoms with Crippen LogP contribution in [0.25, 0.3) is 0 Å². The van der Waals surface area contributed by atoms with Crippen LogP contribution in [0, 0.1) is 0 Å². The first-order valence-corrected chi connectivity index (χ1v) is 8.80. The number of amides is 1. The fraction of sp³-hybridized carbons (Fsp3) is 0.316. The first-order chi connectivity index (χ1) is 12.7. The van der Waals surface area contributed by atoms with E-state index in [0.29, 0.717) is 47.5 Å². The maximum absolute atomic E-state index is 12.9. The van der Waals surface area contributed by atoms with Gasteiger partial charge < -0.3 is 23.8 Å². The molecule has 0 saturated carbocycles. The molecule has 0 saturated heterocycles. The van der Waals surface area contributed by atoms with E-state index < -0.39 is 0 Å². The number of fused-ring (bicyclic) bond motifs is 2. The predicted molar refractivity (Wildman–Crippen MR) is 95.5 cm³/mol. The number of para-hydroxylation sites is 2. The second-order valence-electron chi connectivity index (χ2n) is 6.03. The summed E-state index contributed by atoms with van der Waals surface area (Å²) in [5.74, 6) is 2.24. The number of nitrogens with zero attached hydrogens (tertiary/aromatic N) is 1. The Hall–Kier alpha value is -2.60. The van der Waals surface area contributed by atoms with Crippen LogP contribution in [0.15, 0.2) is 36.4 Å². The Bertz CT molecular complexity index is 841. The lowest BCUT2D eigenvalue weighted by Crippen LogP contribution is -2.43. The number of benzene rings is 2. The normalized spacial score (nSPS) is 17.1. The maximum atomic E-state index is 12.9. The Morgan fingerprint density at radius 1 is 1.15 bits per heavy atom. The summed E-state index contributed by atoms with van der Waals surface area (Å²) in [4.78, 5) is 14.6. The highest BCUT2D eigenvalue weighted by atomic mass is 35.5. The minimum Gasteiger partial charge on any atom is -0.486 e. The molecule has 0 N–H and O–H groups in total. The molecule has 1 atom stereocenters. The van der Waals surface area contributed by atoms with Gasteiger partial charge in [0.05, 0.1) is 11.6 Å². The molecule has 6 nitrogen and oxygen atoms in total. The molecule has 4 rings (SSSR count). The average Bonchev–Trinajstić information content (AvgIpc) is 3.14. The summed E-state index contributed by atoms with van der Waals surface area (Å²) in [7, 11) is 0. The number of hydrogen-bond acceptors (Lipinski definition) is 5. The van der Waals surface area contributed by atoms with Gasteiger partial charge in [-0.25, -0.2) is 0 Å². The Morgan fingerprint density at radius 3 is 2.77 bits per heavy atom. The third-order valence-corrected chi connectivity index (χ3v) is 4.62. The van der Waals surface area contributed by atoms with E-state index in [1.165, 1.54) is 0 Å². The summed E-state index contributed by atoms with van der Waals surface area (Å²) in [6.07, 6.45) is -0.238. The lowest BCUT2D eigenvalue weighted by Gasteiger charge is -2.31. The molecule has 2 heterocycles. The van der Waals surface area contributed by atoms with Gasteiger partial charge in [-0.3, -0.25) is 4.79 Å². The molecule has 2 aromatic carbocycles. The maximum Gasteiger partial charge on any atom is 0.254 e. The quantitative estimate of drug-likeness (QED) is 0.820. The monoisotopic (exact) mass is 375 g/mol. The lowest BCUT2D eigenvalue weighted by molar-refractivity contribution is 0.0474. The molecule has 2 aliphatic heterocycles. The van der Waals surface area contributed by atoms with Gasteiger partial charge in [-0.2, -0.15) is 0 Å². The van der Waals surface area contributed by atoms with Crippen LogP contribution in [-0.2, 0) is 0 Å². The first kappa shape index (κ1) is 16.8. The van der Waals surface area contributed by atoms with E-state index in [-0.39, 0.29) is 18.8 Å². The van der Waals surface area contributed by atoms with Crippen molar-refractivity contribution in [1.82, 2.24) is 4.90 Å². The highest BCUT2D eigenvalue weighted by Gasteiger charge is 2.27. The largest absolute Gasteiger partial charge is 0.486 e. The van der Waals surface area contributed by atoms with Crippen molar-refractivity contribution in [1.29, 1.82) is 0 Å². The molecule has 0 spiro atoms. The van der Waals surface area contributed by atoms with E-state index in [0.717, 1.165) is 5.75 Å². The standard InChI is InChI=1S/C19H18ClNO5/c1-2-21(9-13-10-23-15-5-3-4-6-16(15)26-13)19(22)12-7-14(20)18-17(8-12)24-11-25-18/h3-8,13H,2,9-11H2,1H3. The second kappa shape index (κ2) is 6.96. The molecule has 1 unspecified atom stereocenters. The molecule has 0 bridgehead atoms. The van der Waals surface area contributed by atoms with Crippen molar-refractivity contribution in [3.8, 4) is 23.0 Å². The van der Waals surface area contributed by atoms with Crippen molar-refractivity contribution in [2.45, 2.75) is 13.0 Å². The third kappa shape index (κ3) is 3.12. The number of rotatable bonds is 4. The number of ether oxygens (including phenoxy) is 4. The van der Waals surface area contributed by atoms with E-state index in [1.807, 2.05) is 31.2 Å². The number of carbonyl (C=O) groups is 1. The zero-order valence-corrected chi connectivity index (χ0v) is 15.0. The first-order valence-electron chi connectivity index (χ1n) is 8.42. The Morgan fingerprint density at radius 2 is 1.96 bits per heavy atom. The van der Waals surface area contributed by atoms with Crippen LogP contribution in [-0.4, -0.2) is 43.4 Å². The van der Waals surface area contributed by atoms with Gasteiger partial charge in [-0.15, -0.1) is 0 Å². The minimum absolute atomic E-state index is 0.108. The van der Waals surface area contributed by atoms with Crippen molar-refractivity contribution in [2.24, 2.45) is 0 Å². The van der Waals surface area contributed by atoms with E-state index in [4.69, 9.17) is 30.5 Å². The van der Waals surface area contributed by atoms with Crippen LogP contribution in [0.1, 0.15) is 17.3 Å². The van der Waals surface area contributed by atoms with Crippen molar-refractivity contribution in [3.05, 3.63) is 47.0 Å². The van der Waals surface area contributed by atoms with Crippen LogP contribution in [0.3, 0.4) is 0 Å². The predicted octanol–water partition coefficient (Wildman–Crippen LogP) is 3.37. The second-order valence-corrected chi connectivity index (χ2v) is 6.44. The van der Waals surface area contributed by atoms with Crippen LogP contribution in [0.5, 0.6) is 23.0 Å². The molecule has 1 amide bonds. The molecule has 2 aliphatic rings. The summed E-state index contributed by atoms with van der Waals surface area (Å²) < 4.78 is 22.3. The summed E-state index contributed by atoms with van der Waals surface area (Å²) >= 11 is 6.19. The molecule has 0 aliphatic carbocycles. The number of likely N-dealkylation sites (N-methyl/N-ethyl adjacent to an activating group) is 1. The molecule has 0 aromatic heterocycles. The summed E-state index contributed by atoms with van der Waals surface area (Å²) in [6, 6.07) is 10.8. The SMILES string of the molecule is CCN(CC1COc2ccccc2O1)C(=O)c1cc(Cl)c2c(c1)OCO2. The Kier molecular flexibility index (Phi) is 4.51. The molecule has 136 valence electrons. The van der Waals surface area contributed by atoms with Crippen molar-refractivity contribution in [2.75, 3.05) is 26.5 Å². The smallest absolute Gasteiger partial charge is 0.254 e. The van der Waals surface area contributed by atoms with E-state index >= 15 is 0 Å².